The second kappa shape index (κ2) is 13.8. The summed E-state index contributed by atoms with van der Waals surface area (Å²) in [5.41, 5.74) is 1.94. The molecule has 11 nitrogen and oxygen atoms in total. The Labute approximate surface area is 235 Å². The second-order valence-corrected chi connectivity index (χ2v) is 11.1. The Hall–Kier alpha value is -4.15. The van der Waals surface area contributed by atoms with Crippen LogP contribution in [-0.2, 0) is 9.59 Å². The zero-order valence-corrected chi connectivity index (χ0v) is 23.7. The molecule has 1 unspecified atom stereocenters. The highest BCUT2D eigenvalue weighted by Crippen LogP contribution is 2.29. The summed E-state index contributed by atoms with van der Waals surface area (Å²) in [5.74, 6) is -1.40. The van der Waals surface area contributed by atoms with E-state index < -0.39 is 23.9 Å². The lowest BCUT2D eigenvalue weighted by atomic mass is 9.91. The number of carboxylic acid groups (broad SMARTS) is 1. The van der Waals surface area contributed by atoms with Gasteiger partial charge >= 0.3 is 12.0 Å². The van der Waals surface area contributed by atoms with Crippen molar-refractivity contribution in [1.29, 1.82) is 0 Å². The quantitative estimate of drug-likeness (QED) is 0.372. The molecular formula is C29H40N6O5. The first-order chi connectivity index (χ1) is 19.0. The molecule has 1 fully saturated rings. The molecule has 40 heavy (non-hydrogen) atoms. The van der Waals surface area contributed by atoms with Crippen molar-refractivity contribution in [2.45, 2.75) is 53.0 Å². The van der Waals surface area contributed by atoms with Crippen molar-refractivity contribution in [3.63, 3.8) is 0 Å². The van der Waals surface area contributed by atoms with Gasteiger partial charge in [-0.1, -0.05) is 26.8 Å². The van der Waals surface area contributed by atoms with Crippen LogP contribution >= 0.6 is 0 Å². The first-order valence-corrected chi connectivity index (χ1v) is 13.6. The molecule has 1 aliphatic heterocycles. The van der Waals surface area contributed by atoms with Crippen molar-refractivity contribution in [1.82, 2.24) is 20.5 Å². The van der Waals surface area contributed by atoms with Crippen LogP contribution < -0.4 is 20.9 Å². The lowest BCUT2D eigenvalue weighted by Crippen LogP contribution is -2.37. The van der Waals surface area contributed by atoms with Crippen LogP contribution in [-0.4, -0.2) is 71.5 Å². The number of carbonyl (C=O) groups is 4. The zero-order chi connectivity index (χ0) is 29.3. The van der Waals surface area contributed by atoms with Crippen LogP contribution in [0.5, 0.6) is 0 Å². The normalized spacial score (nSPS) is 14.6. The third-order valence-corrected chi connectivity index (χ3v) is 6.49. The number of amides is 4. The van der Waals surface area contributed by atoms with Gasteiger partial charge in [-0.2, -0.15) is 0 Å². The van der Waals surface area contributed by atoms with Crippen molar-refractivity contribution in [3.05, 3.63) is 53.9 Å². The number of anilines is 2. The molecule has 3 rings (SSSR count). The molecule has 4 amide bonds. The van der Waals surface area contributed by atoms with E-state index in [0.717, 1.165) is 12.1 Å². The topological polar surface area (TPSA) is 144 Å². The van der Waals surface area contributed by atoms with E-state index in [9.17, 15) is 24.3 Å². The summed E-state index contributed by atoms with van der Waals surface area (Å²) in [7, 11) is 0. The number of nitrogens with one attached hydrogen (secondary N) is 3. The second-order valence-electron chi connectivity index (χ2n) is 11.1. The molecule has 1 aliphatic rings. The molecule has 2 aromatic rings. The Morgan fingerprint density at radius 3 is 2.50 bits per heavy atom. The number of rotatable bonds is 9. The van der Waals surface area contributed by atoms with Crippen LogP contribution in [0.2, 0.25) is 0 Å². The Kier molecular flexibility index (Phi) is 10.5. The Morgan fingerprint density at radius 1 is 1.07 bits per heavy atom. The molecule has 0 aliphatic carbocycles. The van der Waals surface area contributed by atoms with Crippen molar-refractivity contribution in [2.75, 3.05) is 42.9 Å². The molecule has 0 bridgehead atoms. The average molecular weight is 553 g/mol. The lowest BCUT2D eigenvalue weighted by Gasteiger charge is -2.27. The molecule has 4 N–H and O–H groups in total. The van der Waals surface area contributed by atoms with E-state index in [-0.39, 0.29) is 23.3 Å². The zero-order valence-electron chi connectivity index (χ0n) is 23.7. The predicted octanol–water partition coefficient (Wildman–Crippen LogP) is 3.64. The molecule has 216 valence electrons. The van der Waals surface area contributed by atoms with Gasteiger partial charge in [-0.25, -0.2) is 4.79 Å². The molecule has 1 saturated heterocycles. The fraction of sp³-hybridized carbons (Fsp3) is 0.483. The van der Waals surface area contributed by atoms with Crippen molar-refractivity contribution in [3.8, 4) is 0 Å². The molecule has 1 aromatic carbocycles. The number of hydrogen-bond acceptors (Lipinski definition) is 6. The minimum atomic E-state index is -1.06. The van der Waals surface area contributed by atoms with Crippen LogP contribution in [0.3, 0.4) is 0 Å². The van der Waals surface area contributed by atoms with Crippen LogP contribution in [0.25, 0.3) is 0 Å². The van der Waals surface area contributed by atoms with Gasteiger partial charge < -0.3 is 30.9 Å². The summed E-state index contributed by atoms with van der Waals surface area (Å²) in [5, 5.41) is 17.7. The van der Waals surface area contributed by atoms with Gasteiger partial charge in [0.1, 0.15) is 0 Å². The number of pyridine rings is 1. The Morgan fingerprint density at radius 2 is 1.85 bits per heavy atom. The lowest BCUT2D eigenvalue weighted by molar-refractivity contribution is -0.137. The molecule has 1 atom stereocenters. The fourth-order valence-electron chi connectivity index (χ4n) is 4.60. The number of aliphatic carboxylic acids is 1. The summed E-state index contributed by atoms with van der Waals surface area (Å²) in [6, 6.07) is 7.23. The number of nitrogens with zero attached hydrogens (tertiary/aromatic N) is 3. The van der Waals surface area contributed by atoms with E-state index in [0.29, 0.717) is 50.4 Å². The number of benzene rings is 1. The summed E-state index contributed by atoms with van der Waals surface area (Å²) < 4.78 is 0. The first kappa shape index (κ1) is 30.4. The van der Waals surface area contributed by atoms with E-state index in [1.807, 2.05) is 32.6 Å². The van der Waals surface area contributed by atoms with E-state index in [4.69, 9.17) is 0 Å². The van der Waals surface area contributed by atoms with Gasteiger partial charge in [0.25, 0.3) is 5.91 Å². The SMILES string of the molecule is CCNC(=O)Nc1cc(C(=O)NC(CC(=O)O)c2cccnc2)ccc1N1CCCN(C(=O)CC(C)(C)C)CC1. The third kappa shape index (κ3) is 8.96. The molecule has 0 saturated carbocycles. The Bertz CT molecular complexity index is 1200. The van der Waals surface area contributed by atoms with E-state index in [2.05, 4.69) is 25.8 Å². The summed E-state index contributed by atoms with van der Waals surface area (Å²) >= 11 is 0. The summed E-state index contributed by atoms with van der Waals surface area (Å²) in [6.45, 7) is 10.8. The predicted molar refractivity (Wildman–Crippen MR) is 153 cm³/mol. The highest BCUT2D eigenvalue weighted by molar-refractivity contribution is 6.00. The minimum absolute atomic E-state index is 0.0935. The highest BCUT2D eigenvalue weighted by atomic mass is 16.4. The van der Waals surface area contributed by atoms with Gasteiger partial charge in [0.05, 0.1) is 23.8 Å². The van der Waals surface area contributed by atoms with Crippen molar-refractivity contribution >= 4 is 35.2 Å². The summed E-state index contributed by atoms with van der Waals surface area (Å²) in [6.07, 6.45) is 4.03. The minimum Gasteiger partial charge on any atom is -0.481 e. The van der Waals surface area contributed by atoms with E-state index in [1.165, 1.54) is 6.20 Å². The van der Waals surface area contributed by atoms with Crippen LogP contribution in [0.1, 0.15) is 68.9 Å². The van der Waals surface area contributed by atoms with Crippen LogP contribution in [0.4, 0.5) is 16.2 Å². The van der Waals surface area contributed by atoms with Gasteiger partial charge in [0.2, 0.25) is 5.91 Å². The number of carbonyl (C=O) groups excluding carboxylic acids is 3. The summed E-state index contributed by atoms with van der Waals surface area (Å²) in [4.78, 5) is 58.1. The highest BCUT2D eigenvalue weighted by Gasteiger charge is 2.25. The van der Waals surface area contributed by atoms with E-state index in [1.54, 1.807) is 36.5 Å². The van der Waals surface area contributed by atoms with Crippen molar-refractivity contribution in [2.24, 2.45) is 5.41 Å². The average Bonchev–Trinajstić information content (AvgIpc) is 3.14. The molecule has 0 spiro atoms. The van der Waals surface area contributed by atoms with Crippen molar-refractivity contribution < 1.29 is 24.3 Å². The fourth-order valence-corrected chi connectivity index (χ4v) is 4.60. The Balaban J connectivity index is 1.83. The first-order valence-electron chi connectivity index (χ1n) is 13.6. The van der Waals surface area contributed by atoms with Gasteiger partial charge in [0.15, 0.2) is 0 Å². The van der Waals surface area contributed by atoms with Gasteiger partial charge in [-0.05, 0) is 48.6 Å². The smallest absolute Gasteiger partial charge is 0.319 e. The van der Waals surface area contributed by atoms with E-state index >= 15 is 0 Å². The largest absolute Gasteiger partial charge is 0.481 e. The molecule has 0 radical (unpaired) electrons. The number of urea groups is 1. The molecule has 11 heteroatoms. The number of carboxylic acids is 1. The molecular weight excluding hydrogens is 512 g/mol. The van der Waals surface area contributed by atoms with Gasteiger partial charge in [-0.3, -0.25) is 19.4 Å². The monoisotopic (exact) mass is 552 g/mol. The maximum absolute atomic E-state index is 13.2. The maximum atomic E-state index is 13.2. The molecule has 2 heterocycles. The maximum Gasteiger partial charge on any atom is 0.319 e. The third-order valence-electron chi connectivity index (χ3n) is 6.49. The number of aromatic nitrogens is 1. The van der Waals surface area contributed by atoms with Gasteiger partial charge in [-0.15, -0.1) is 0 Å². The van der Waals surface area contributed by atoms with Crippen LogP contribution in [0.15, 0.2) is 42.7 Å². The molecule has 1 aromatic heterocycles. The standard InChI is InChI=1S/C29H40N6O5/c1-5-31-28(40)33-23-16-20(27(39)32-22(17-26(37)38)21-8-6-11-30-19-21)9-10-24(23)34-12-7-13-35(15-14-34)25(36)18-29(2,3)4/h6,8-11,16,19,22H,5,7,12-15,17-18H2,1-4H3,(H,32,39)(H,37,38)(H2,31,33,40). The number of hydrogen-bond donors (Lipinski definition) is 4. The van der Waals surface area contributed by atoms with Crippen LogP contribution in [0, 0.1) is 5.41 Å². The van der Waals surface area contributed by atoms with Gasteiger partial charge in [0, 0.05) is 57.1 Å².